The number of benzene rings is 1. The smallest absolute Gasteiger partial charge is 0.342 e. The maximum absolute atomic E-state index is 11.8. The van der Waals surface area contributed by atoms with Gasteiger partial charge < -0.3 is 9.88 Å². The van der Waals surface area contributed by atoms with Crippen LogP contribution in [0.4, 0.5) is 5.82 Å². The first kappa shape index (κ1) is 17.1. The molecular formula is C16H17N7O3. The molecule has 134 valence electrons. The van der Waals surface area contributed by atoms with Crippen molar-refractivity contribution in [3.05, 3.63) is 56.4 Å². The van der Waals surface area contributed by atoms with Crippen LogP contribution in [-0.4, -0.2) is 38.4 Å². The molecule has 1 aromatic carbocycles. The summed E-state index contributed by atoms with van der Waals surface area (Å²) in [5.41, 5.74) is 3.95. The fraction of sp³-hybridized carbons (Fsp3) is 0.188. The molecule has 0 aliphatic rings. The molecule has 2 aromatic heterocycles. The summed E-state index contributed by atoms with van der Waals surface area (Å²) in [5, 5.41) is 13.1. The Bertz CT molecular complexity index is 1110. The van der Waals surface area contributed by atoms with Crippen LogP contribution in [0, 0.1) is 6.92 Å². The van der Waals surface area contributed by atoms with Gasteiger partial charge in [-0.1, -0.05) is 18.2 Å². The molecule has 4 N–H and O–H groups in total. The highest BCUT2D eigenvalue weighted by Crippen LogP contribution is 2.22. The molecule has 0 spiro atoms. The molecule has 0 radical (unpaired) electrons. The third-order valence-corrected chi connectivity index (χ3v) is 3.96. The van der Waals surface area contributed by atoms with Crippen molar-refractivity contribution in [3.8, 4) is 0 Å². The number of para-hydroxylation sites is 1. The van der Waals surface area contributed by atoms with Crippen LogP contribution in [0.3, 0.4) is 0 Å². The summed E-state index contributed by atoms with van der Waals surface area (Å²) in [6, 6.07) is 7.90. The van der Waals surface area contributed by atoms with Crippen molar-refractivity contribution in [2.45, 2.75) is 6.92 Å². The van der Waals surface area contributed by atoms with Gasteiger partial charge in [0, 0.05) is 29.2 Å². The second kappa shape index (κ2) is 7.05. The SMILES string of the molecule is Cc1c(/C=N/NC(=O)CNc2n[nH]c(=O)[nH]c2=O)c2ccccc2n1C. The molecule has 10 nitrogen and oxygen atoms in total. The van der Waals surface area contributed by atoms with E-state index in [2.05, 4.69) is 26.0 Å². The number of carbonyl (C=O) groups excluding carboxylic acids is 1. The zero-order valence-electron chi connectivity index (χ0n) is 14.2. The van der Waals surface area contributed by atoms with E-state index in [1.807, 2.05) is 47.8 Å². The Morgan fingerprint density at radius 1 is 1.35 bits per heavy atom. The second-order valence-corrected chi connectivity index (χ2v) is 5.58. The third-order valence-electron chi connectivity index (χ3n) is 3.96. The van der Waals surface area contributed by atoms with Gasteiger partial charge in [-0.25, -0.2) is 15.3 Å². The lowest BCUT2D eigenvalue weighted by Gasteiger charge is -2.02. The highest BCUT2D eigenvalue weighted by molar-refractivity contribution is 6.01. The molecule has 3 aromatic rings. The first-order chi connectivity index (χ1) is 12.5. The fourth-order valence-corrected chi connectivity index (χ4v) is 2.55. The monoisotopic (exact) mass is 355 g/mol. The summed E-state index contributed by atoms with van der Waals surface area (Å²) in [6.07, 6.45) is 1.58. The number of H-pyrrole nitrogens is 2. The lowest BCUT2D eigenvalue weighted by atomic mass is 10.1. The van der Waals surface area contributed by atoms with Gasteiger partial charge in [0.25, 0.3) is 11.5 Å². The maximum Gasteiger partial charge on any atom is 0.342 e. The summed E-state index contributed by atoms with van der Waals surface area (Å²) < 4.78 is 2.05. The number of aryl methyl sites for hydroxylation is 1. The summed E-state index contributed by atoms with van der Waals surface area (Å²) in [5.74, 6) is -0.625. The van der Waals surface area contributed by atoms with Gasteiger partial charge in [-0.2, -0.15) is 5.10 Å². The number of amides is 1. The second-order valence-electron chi connectivity index (χ2n) is 5.58. The standard InChI is InChI=1S/C16H17N7O3/c1-9-11(10-5-3-4-6-12(10)23(9)2)7-18-20-13(24)8-17-14-15(25)19-16(26)22-21-14/h3-7H,8H2,1-2H3,(H,17,21)(H,20,24)(H2,19,22,25,26)/b18-7+. The molecule has 0 saturated heterocycles. The van der Waals surface area contributed by atoms with E-state index in [0.29, 0.717) is 0 Å². The number of nitrogens with one attached hydrogen (secondary N) is 4. The van der Waals surface area contributed by atoms with Gasteiger partial charge >= 0.3 is 5.69 Å². The Hall–Kier alpha value is -3.69. The van der Waals surface area contributed by atoms with Crippen LogP contribution in [0.2, 0.25) is 0 Å². The first-order valence-electron chi connectivity index (χ1n) is 7.76. The van der Waals surface area contributed by atoms with Crippen LogP contribution in [0.1, 0.15) is 11.3 Å². The number of aromatic nitrogens is 4. The average molecular weight is 355 g/mol. The van der Waals surface area contributed by atoms with E-state index in [0.717, 1.165) is 22.2 Å². The van der Waals surface area contributed by atoms with Crippen molar-refractivity contribution in [1.82, 2.24) is 25.2 Å². The van der Waals surface area contributed by atoms with E-state index in [1.54, 1.807) is 6.21 Å². The fourth-order valence-electron chi connectivity index (χ4n) is 2.55. The molecule has 0 aliphatic heterocycles. The number of anilines is 1. The Morgan fingerprint density at radius 2 is 2.12 bits per heavy atom. The molecule has 0 atom stereocenters. The quantitative estimate of drug-likeness (QED) is 0.372. The number of hydrazone groups is 1. The van der Waals surface area contributed by atoms with Gasteiger partial charge in [-0.15, -0.1) is 5.10 Å². The van der Waals surface area contributed by atoms with Crippen LogP contribution in [0.25, 0.3) is 10.9 Å². The van der Waals surface area contributed by atoms with Crippen molar-refractivity contribution in [1.29, 1.82) is 0 Å². The molecule has 26 heavy (non-hydrogen) atoms. The minimum absolute atomic E-state index is 0.159. The number of nitrogens with zero attached hydrogens (tertiary/aromatic N) is 3. The summed E-state index contributed by atoms with van der Waals surface area (Å²) >= 11 is 0. The summed E-state index contributed by atoms with van der Waals surface area (Å²) in [4.78, 5) is 36.2. The Kier molecular flexibility index (Phi) is 4.65. The number of aromatic amines is 2. The normalized spacial score (nSPS) is 11.2. The van der Waals surface area contributed by atoms with Crippen LogP contribution >= 0.6 is 0 Å². The summed E-state index contributed by atoms with van der Waals surface area (Å²) in [6.45, 7) is 1.74. The number of hydrogen-bond donors (Lipinski definition) is 4. The Balaban J connectivity index is 1.65. The van der Waals surface area contributed by atoms with Crippen LogP contribution < -0.4 is 22.0 Å². The molecule has 10 heteroatoms. The van der Waals surface area contributed by atoms with E-state index in [4.69, 9.17) is 0 Å². The van der Waals surface area contributed by atoms with Crippen LogP contribution in [-0.2, 0) is 11.8 Å². The molecule has 0 aliphatic carbocycles. The van der Waals surface area contributed by atoms with Gasteiger partial charge in [-0.3, -0.25) is 14.6 Å². The van der Waals surface area contributed by atoms with E-state index >= 15 is 0 Å². The highest BCUT2D eigenvalue weighted by Gasteiger charge is 2.09. The number of fused-ring (bicyclic) bond motifs is 1. The minimum atomic E-state index is -0.722. The van der Waals surface area contributed by atoms with Gasteiger partial charge in [0.2, 0.25) is 5.82 Å². The lowest BCUT2D eigenvalue weighted by Crippen LogP contribution is -2.31. The zero-order chi connectivity index (χ0) is 18.7. The molecule has 0 bridgehead atoms. The molecule has 3 rings (SSSR count). The molecule has 0 unspecified atom stereocenters. The Labute approximate surface area is 146 Å². The molecule has 1 amide bonds. The van der Waals surface area contributed by atoms with E-state index < -0.39 is 17.2 Å². The van der Waals surface area contributed by atoms with E-state index in [-0.39, 0.29) is 12.4 Å². The third kappa shape index (κ3) is 3.38. The largest absolute Gasteiger partial charge is 0.355 e. The lowest BCUT2D eigenvalue weighted by molar-refractivity contribution is -0.119. The van der Waals surface area contributed by atoms with E-state index in [1.165, 1.54) is 0 Å². The predicted molar refractivity (Wildman–Crippen MR) is 97.4 cm³/mol. The van der Waals surface area contributed by atoms with Crippen molar-refractivity contribution >= 4 is 28.8 Å². The van der Waals surface area contributed by atoms with Crippen molar-refractivity contribution in [2.24, 2.45) is 12.1 Å². The minimum Gasteiger partial charge on any atom is -0.355 e. The van der Waals surface area contributed by atoms with Gasteiger partial charge in [0.15, 0.2) is 0 Å². The Morgan fingerprint density at radius 3 is 2.88 bits per heavy atom. The van der Waals surface area contributed by atoms with Crippen molar-refractivity contribution < 1.29 is 4.79 Å². The predicted octanol–water partition coefficient (Wildman–Crippen LogP) is -0.179. The average Bonchev–Trinajstić information content (AvgIpc) is 2.86. The highest BCUT2D eigenvalue weighted by atomic mass is 16.2. The zero-order valence-corrected chi connectivity index (χ0v) is 14.2. The van der Waals surface area contributed by atoms with Gasteiger partial charge in [0.1, 0.15) is 0 Å². The van der Waals surface area contributed by atoms with Crippen molar-refractivity contribution in [2.75, 3.05) is 11.9 Å². The molecule has 0 fully saturated rings. The van der Waals surface area contributed by atoms with Gasteiger partial charge in [0.05, 0.1) is 12.8 Å². The molecule has 2 heterocycles. The van der Waals surface area contributed by atoms with Crippen molar-refractivity contribution in [3.63, 3.8) is 0 Å². The van der Waals surface area contributed by atoms with Crippen LogP contribution in [0.15, 0.2) is 39.0 Å². The first-order valence-corrected chi connectivity index (χ1v) is 7.76. The topological polar surface area (TPSA) is 137 Å². The number of hydrogen-bond acceptors (Lipinski definition) is 6. The molecular weight excluding hydrogens is 338 g/mol. The maximum atomic E-state index is 11.8. The van der Waals surface area contributed by atoms with Gasteiger partial charge in [-0.05, 0) is 13.0 Å². The summed E-state index contributed by atoms with van der Waals surface area (Å²) in [7, 11) is 1.96. The molecule has 0 saturated carbocycles. The number of carbonyl (C=O) groups is 1. The number of rotatable bonds is 5. The van der Waals surface area contributed by atoms with Crippen LogP contribution in [0.5, 0.6) is 0 Å². The van der Waals surface area contributed by atoms with E-state index in [9.17, 15) is 14.4 Å².